The van der Waals surface area contributed by atoms with E-state index < -0.39 is 27.2 Å². The molecule has 0 spiro atoms. The Morgan fingerprint density at radius 1 is 0.969 bits per heavy atom. The molecule has 1 heterocycles. The second-order valence-corrected chi connectivity index (χ2v) is 9.20. The van der Waals surface area contributed by atoms with Crippen LogP contribution in [0.3, 0.4) is 0 Å². The minimum atomic E-state index is -3.72. The molecule has 4 aromatic rings. The normalized spacial score (nSPS) is 11.9. The largest absolute Gasteiger partial charge is 0.279 e. The van der Waals surface area contributed by atoms with E-state index in [1.807, 2.05) is 0 Å². The van der Waals surface area contributed by atoms with Crippen LogP contribution in [0.1, 0.15) is 6.92 Å². The van der Waals surface area contributed by atoms with Gasteiger partial charge in [0.2, 0.25) is 10.0 Å². The molecule has 0 bridgehead atoms. The molecule has 0 saturated carbocycles. The third kappa shape index (κ3) is 3.69. The number of sulfonamides is 1. The highest BCUT2D eigenvalue weighted by Gasteiger charge is 2.21. The smallest absolute Gasteiger partial charge is 0.267 e. The van der Waals surface area contributed by atoms with Gasteiger partial charge in [0, 0.05) is 30.6 Å². The van der Waals surface area contributed by atoms with Crippen LogP contribution in [0.4, 0.5) is 8.78 Å². The van der Waals surface area contributed by atoms with E-state index in [9.17, 15) is 22.0 Å². The molecular formula is C23H19F2N3O3S. The number of hydrogen-bond acceptors (Lipinski definition) is 4. The molecule has 0 N–H and O–H groups in total. The summed E-state index contributed by atoms with van der Waals surface area (Å²) in [5.41, 5.74) is -0.0644. The molecule has 32 heavy (non-hydrogen) atoms. The van der Waals surface area contributed by atoms with Gasteiger partial charge in [-0.05, 0) is 30.3 Å². The van der Waals surface area contributed by atoms with Crippen LogP contribution in [-0.4, -0.2) is 36.1 Å². The fourth-order valence-electron chi connectivity index (χ4n) is 3.37. The highest BCUT2D eigenvalue weighted by Crippen LogP contribution is 2.28. The highest BCUT2D eigenvalue weighted by molar-refractivity contribution is 7.89. The number of hydrogen-bond donors (Lipinski definition) is 0. The molecule has 0 aliphatic carbocycles. The molecule has 0 unspecified atom stereocenters. The summed E-state index contributed by atoms with van der Waals surface area (Å²) in [6.07, 6.45) is 0. The Bertz CT molecular complexity index is 1500. The second-order valence-electron chi connectivity index (χ2n) is 7.15. The number of halogens is 2. The predicted octanol–water partition coefficient (Wildman–Crippen LogP) is 3.97. The van der Waals surface area contributed by atoms with Crippen LogP contribution >= 0.6 is 0 Å². The lowest BCUT2D eigenvalue weighted by Gasteiger charge is -2.16. The van der Waals surface area contributed by atoms with Gasteiger partial charge in [-0.1, -0.05) is 37.3 Å². The average Bonchev–Trinajstić information content (AvgIpc) is 2.79. The standard InChI is InChI=1S/C23H19F2N3O3S/c1-3-27(2)32(30,31)17-8-6-7-15(13-17)22-18-9-4-5-10-19(18)23(29)28(26-22)21-12-11-16(24)14-20(21)25/h4-14H,3H2,1-2H3. The predicted molar refractivity (Wildman–Crippen MR) is 118 cm³/mol. The summed E-state index contributed by atoms with van der Waals surface area (Å²) in [7, 11) is -2.24. The third-order valence-corrected chi connectivity index (χ3v) is 7.13. The average molecular weight is 455 g/mol. The summed E-state index contributed by atoms with van der Waals surface area (Å²) in [6.45, 7) is 2.02. The second kappa shape index (κ2) is 8.25. The monoisotopic (exact) mass is 455 g/mol. The van der Waals surface area contributed by atoms with Crippen LogP contribution in [0.5, 0.6) is 0 Å². The molecule has 164 valence electrons. The van der Waals surface area contributed by atoms with E-state index in [-0.39, 0.29) is 16.0 Å². The van der Waals surface area contributed by atoms with E-state index in [1.54, 1.807) is 43.3 Å². The van der Waals surface area contributed by atoms with Crippen molar-refractivity contribution in [3.8, 4) is 16.9 Å². The number of rotatable bonds is 5. The van der Waals surface area contributed by atoms with Gasteiger partial charge in [-0.2, -0.15) is 9.78 Å². The van der Waals surface area contributed by atoms with Gasteiger partial charge in [-0.3, -0.25) is 4.79 Å². The van der Waals surface area contributed by atoms with Gasteiger partial charge in [0.05, 0.1) is 16.0 Å². The molecule has 6 nitrogen and oxygen atoms in total. The first-order valence-electron chi connectivity index (χ1n) is 9.78. The molecule has 0 saturated heterocycles. The fourth-order valence-corrected chi connectivity index (χ4v) is 4.60. The molecule has 4 rings (SSSR count). The van der Waals surface area contributed by atoms with Crippen molar-refractivity contribution in [2.24, 2.45) is 0 Å². The molecule has 0 atom stereocenters. The Kier molecular flexibility index (Phi) is 5.62. The summed E-state index contributed by atoms with van der Waals surface area (Å²) in [5.74, 6) is -1.72. The zero-order valence-corrected chi connectivity index (χ0v) is 18.1. The van der Waals surface area contributed by atoms with Crippen LogP contribution in [0.2, 0.25) is 0 Å². The summed E-state index contributed by atoms with van der Waals surface area (Å²) in [5, 5.41) is 5.10. The molecule has 1 aromatic heterocycles. The molecule has 0 aliphatic heterocycles. The van der Waals surface area contributed by atoms with Crippen LogP contribution < -0.4 is 5.56 Å². The third-order valence-electron chi connectivity index (χ3n) is 5.20. The van der Waals surface area contributed by atoms with E-state index in [0.29, 0.717) is 29.3 Å². The van der Waals surface area contributed by atoms with Crippen molar-refractivity contribution < 1.29 is 17.2 Å². The van der Waals surface area contributed by atoms with E-state index in [2.05, 4.69) is 5.10 Å². The van der Waals surface area contributed by atoms with Crippen molar-refractivity contribution in [3.63, 3.8) is 0 Å². The van der Waals surface area contributed by atoms with E-state index in [4.69, 9.17) is 0 Å². The van der Waals surface area contributed by atoms with E-state index >= 15 is 0 Å². The van der Waals surface area contributed by atoms with Crippen molar-refractivity contribution in [2.45, 2.75) is 11.8 Å². The van der Waals surface area contributed by atoms with Crippen molar-refractivity contribution in [2.75, 3.05) is 13.6 Å². The number of aromatic nitrogens is 2. The zero-order chi connectivity index (χ0) is 23.0. The minimum Gasteiger partial charge on any atom is -0.267 e. The zero-order valence-electron chi connectivity index (χ0n) is 17.3. The van der Waals surface area contributed by atoms with Crippen LogP contribution in [0.25, 0.3) is 27.7 Å². The molecule has 0 fully saturated rings. The van der Waals surface area contributed by atoms with Gasteiger partial charge in [0.15, 0.2) is 5.82 Å². The Labute approximate surface area is 183 Å². The van der Waals surface area contributed by atoms with Crippen LogP contribution in [0, 0.1) is 11.6 Å². The Morgan fingerprint density at radius 2 is 1.69 bits per heavy atom. The van der Waals surface area contributed by atoms with Gasteiger partial charge in [0.1, 0.15) is 11.5 Å². The summed E-state index contributed by atoms with van der Waals surface area (Å²) in [4.78, 5) is 13.1. The van der Waals surface area contributed by atoms with Gasteiger partial charge >= 0.3 is 0 Å². The van der Waals surface area contributed by atoms with Crippen molar-refractivity contribution in [1.82, 2.24) is 14.1 Å². The summed E-state index contributed by atoms with van der Waals surface area (Å²) < 4.78 is 55.5. The molecule has 9 heteroatoms. The fraction of sp³-hybridized carbons (Fsp3) is 0.130. The number of benzene rings is 3. The van der Waals surface area contributed by atoms with Gasteiger partial charge in [-0.25, -0.2) is 21.5 Å². The van der Waals surface area contributed by atoms with Gasteiger partial charge < -0.3 is 0 Å². The molecular weight excluding hydrogens is 436 g/mol. The summed E-state index contributed by atoms with van der Waals surface area (Å²) >= 11 is 0. The SMILES string of the molecule is CCN(C)S(=O)(=O)c1cccc(-c2nn(-c3ccc(F)cc3F)c(=O)c3ccccc23)c1. The maximum atomic E-state index is 14.5. The lowest BCUT2D eigenvalue weighted by atomic mass is 10.1. The Balaban J connectivity index is 2.01. The number of nitrogens with zero attached hydrogens (tertiary/aromatic N) is 3. The van der Waals surface area contributed by atoms with Crippen LogP contribution in [-0.2, 0) is 10.0 Å². The summed E-state index contributed by atoms with van der Waals surface area (Å²) in [6, 6.07) is 15.7. The van der Waals surface area contributed by atoms with Gasteiger partial charge in [0.25, 0.3) is 5.56 Å². The lowest BCUT2D eigenvalue weighted by molar-refractivity contribution is 0.486. The highest BCUT2D eigenvalue weighted by atomic mass is 32.2. The topological polar surface area (TPSA) is 72.3 Å². The first-order valence-corrected chi connectivity index (χ1v) is 11.2. The Morgan fingerprint density at radius 3 is 2.38 bits per heavy atom. The van der Waals surface area contributed by atoms with Gasteiger partial charge in [-0.15, -0.1) is 0 Å². The maximum Gasteiger partial charge on any atom is 0.279 e. The van der Waals surface area contributed by atoms with E-state index in [0.717, 1.165) is 16.8 Å². The molecule has 0 radical (unpaired) electrons. The van der Waals surface area contributed by atoms with Crippen molar-refractivity contribution in [3.05, 3.63) is 88.7 Å². The molecule has 0 aliphatic rings. The minimum absolute atomic E-state index is 0.0657. The maximum absolute atomic E-state index is 14.5. The van der Waals surface area contributed by atoms with E-state index in [1.165, 1.54) is 23.5 Å². The van der Waals surface area contributed by atoms with Crippen LogP contribution in [0.15, 0.2) is 76.4 Å². The lowest BCUT2D eigenvalue weighted by Crippen LogP contribution is -2.26. The van der Waals surface area contributed by atoms with Crippen molar-refractivity contribution >= 4 is 20.8 Å². The number of fused-ring (bicyclic) bond motifs is 1. The van der Waals surface area contributed by atoms with Crippen molar-refractivity contribution in [1.29, 1.82) is 0 Å². The Hall–Kier alpha value is -3.43. The quantitative estimate of drug-likeness (QED) is 0.457. The first kappa shape index (κ1) is 21.8. The molecule has 0 amide bonds. The first-order chi connectivity index (χ1) is 15.2. The molecule has 3 aromatic carbocycles.